The van der Waals surface area contributed by atoms with E-state index in [1.807, 2.05) is 30.3 Å². The number of nitrogens with zero attached hydrogens (tertiary/aromatic N) is 1. The minimum Gasteiger partial charge on any atom is -0.497 e. The van der Waals surface area contributed by atoms with Gasteiger partial charge < -0.3 is 19.2 Å². The maximum absolute atomic E-state index is 13.7. The topological polar surface area (TPSA) is 56.4 Å². The molecule has 160 valence electrons. The summed E-state index contributed by atoms with van der Waals surface area (Å²) in [6, 6.07) is 16.5. The van der Waals surface area contributed by atoms with Gasteiger partial charge in [-0.3, -0.25) is 0 Å². The van der Waals surface area contributed by atoms with Crippen LogP contribution < -0.4 is 9.47 Å². The lowest BCUT2D eigenvalue weighted by molar-refractivity contribution is 0.119. The molecule has 4 rings (SSSR count). The maximum atomic E-state index is 13.7. The van der Waals surface area contributed by atoms with Gasteiger partial charge in [-0.05, 0) is 54.4 Å². The van der Waals surface area contributed by atoms with E-state index >= 15 is 0 Å². The molecule has 0 saturated heterocycles. The Balaban J connectivity index is 1.23. The minimum absolute atomic E-state index is 0.0323. The molecule has 7 heteroatoms. The van der Waals surface area contributed by atoms with Crippen molar-refractivity contribution in [2.75, 3.05) is 13.7 Å². The Hall–Kier alpha value is -3.45. The highest BCUT2D eigenvalue weighted by atomic mass is 19.1. The molecule has 5 nitrogen and oxygen atoms in total. The van der Waals surface area contributed by atoms with Gasteiger partial charge in [-0.15, -0.1) is 0 Å². The number of hydrogen-bond acceptors (Lipinski definition) is 4. The molecule has 0 amide bonds. The third kappa shape index (κ3) is 5.38. The highest BCUT2D eigenvalue weighted by molar-refractivity contribution is 5.76. The summed E-state index contributed by atoms with van der Waals surface area (Å²) in [6.07, 6.45) is 0.729. The van der Waals surface area contributed by atoms with Crippen molar-refractivity contribution in [3.05, 3.63) is 89.2 Å². The van der Waals surface area contributed by atoms with E-state index in [-0.39, 0.29) is 12.2 Å². The van der Waals surface area contributed by atoms with Crippen LogP contribution in [0.4, 0.5) is 8.78 Å². The van der Waals surface area contributed by atoms with Crippen LogP contribution in [0, 0.1) is 11.6 Å². The van der Waals surface area contributed by atoms with Gasteiger partial charge in [-0.1, -0.05) is 12.1 Å². The van der Waals surface area contributed by atoms with Gasteiger partial charge in [0.2, 0.25) is 0 Å². The van der Waals surface area contributed by atoms with Crippen LogP contribution in [0.1, 0.15) is 17.0 Å². The quantitative estimate of drug-likeness (QED) is 0.376. The van der Waals surface area contributed by atoms with Crippen molar-refractivity contribution >= 4 is 11.0 Å². The summed E-state index contributed by atoms with van der Waals surface area (Å²) in [5.74, 6) is 1.14. The van der Waals surface area contributed by atoms with E-state index in [1.165, 1.54) is 0 Å². The first kappa shape index (κ1) is 20.8. The number of nitrogens with one attached hydrogen (secondary N) is 1. The van der Waals surface area contributed by atoms with Crippen molar-refractivity contribution in [1.82, 2.24) is 9.97 Å². The van der Waals surface area contributed by atoms with Gasteiger partial charge in [-0.25, -0.2) is 13.8 Å². The van der Waals surface area contributed by atoms with Crippen molar-refractivity contribution in [2.45, 2.75) is 19.6 Å². The van der Waals surface area contributed by atoms with Crippen molar-refractivity contribution < 1.29 is 23.0 Å². The van der Waals surface area contributed by atoms with E-state index < -0.39 is 11.6 Å². The summed E-state index contributed by atoms with van der Waals surface area (Å²) in [7, 11) is 1.63. The Bertz CT molecular complexity index is 1160. The molecule has 0 radical (unpaired) electrons. The molecule has 0 unspecified atom stereocenters. The van der Waals surface area contributed by atoms with Crippen molar-refractivity contribution in [2.24, 2.45) is 0 Å². The van der Waals surface area contributed by atoms with E-state index in [0.717, 1.165) is 52.8 Å². The monoisotopic (exact) mass is 424 g/mol. The number of aromatic nitrogens is 2. The summed E-state index contributed by atoms with van der Waals surface area (Å²) in [5.41, 5.74) is 3.04. The zero-order valence-electron chi connectivity index (χ0n) is 17.0. The molecule has 0 bridgehead atoms. The van der Waals surface area contributed by atoms with Crippen molar-refractivity contribution in [3.63, 3.8) is 0 Å². The van der Waals surface area contributed by atoms with E-state index in [4.69, 9.17) is 14.2 Å². The van der Waals surface area contributed by atoms with Gasteiger partial charge >= 0.3 is 0 Å². The Labute approximate surface area is 178 Å². The van der Waals surface area contributed by atoms with Crippen LogP contribution >= 0.6 is 0 Å². The number of methoxy groups -OCH3 is 1. The molecule has 0 spiro atoms. The molecule has 1 heterocycles. The second kappa shape index (κ2) is 9.57. The number of aromatic amines is 1. The SMILES string of the molecule is COc1ccc2[nH]c(COCCc3ccc(OCc4cc(F)ccc4F)cc3)nc2c1. The fraction of sp³-hybridized carbons (Fsp3) is 0.208. The first-order valence-electron chi connectivity index (χ1n) is 9.87. The molecule has 1 N–H and O–H groups in total. The zero-order chi connectivity index (χ0) is 21.6. The Kier molecular flexibility index (Phi) is 6.43. The van der Waals surface area contributed by atoms with E-state index in [0.29, 0.717) is 19.0 Å². The van der Waals surface area contributed by atoms with Crippen molar-refractivity contribution in [1.29, 1.82) is 0 Å². The van der Waals surface area contributed by atoms with E-state index in [1.54, 1.807) is 19.2 Å². The van der Waals surface area contributed by atoms with E-state index in [9.17, 15) is 8.78 Å². The van der Waals surface area contributed by atoms with Crippen LogP contribution in [-0.2, 0) is 24.4 Å². The molecule has 0 aliphatic rings. The van der Waals surface area contributed by atoms with Crippen molar-refractivity contribution in [3.8, 4) is 11.5 Å². The normalized spacial score (nSPS) is 11.1. The summed E-state index contributed by atoms with van der Waals surface area (Å²) >= 11 is 0. The average Bonchev–Trinajstić information content (AvgIpc) is 3.20. The smallest absolute Gasteiger partial charge is 0.133 e. The largest absolute Gasteiger partial charge is 0.497 e. The number of halogens is 2. The van der Waals surface area contributed by atoms with Gasteiger partial charge in [-0.2, -0.15) is 0 Å². The highest BCUT2D eigenvalue weighted by Gasteiger charge is 2.06. The Morgan fingerprint density at radius 2 is 1.71 bits per heavy atom. The lowest BCUT2D eigenvalue weighted by atomic mass is 10.1. The molecule has 0 fully saturated rings. The summed E-state index contributed by atoms with van der Waals surface area (Å²) in [4.78, 5) is 7.74. The summed E-state index contributed by atoms with van der Waals surface area (Å²) < 4.78 is 43.4. The fourth-order valence-electron chi connectivity index (χ4n) is 3.16. The maximum Gasteiger partial charge on any atom is 0.133 e. The van der Waals surface area contributed by atoms with Crippen LogP contribution in [0.2, 0.25) is 0 Å². The average molecular weight is 424 g/mol. The summed E-state index contributed by atoms with van der Waals surface area (Å²) in [6.45, 7) is 0.891. The number of rotatable bonds is 9. The van der Waals surface area contributed by atoms with Gasteiger partial charge in [0.1, 0.15) is 42.2 Å². The van der Waals surface area contributed by atoms with Gasteiger partial charge in [0.05, 0.1) is 24.8 Å². The van der Waals surface area contributed by atoms with E-state index in [2.05, 4.69) is 9.97 Å². The van der Waals surface area contributed by atoms with Crippen LogP contribution in [0.5, 0.6) is 11.5 Å². The molecule has 1 aromatic heterocycles. The first-order chi connectivity index (χ1) is 15.1. The van der Waals surface area contributed by atoms with Crippen LogP contribution in [0.15, 0.2) is 60.7 Å². The van der Waals surface area contributed by atoms with Gasteiger partial charge in [0, 0.05) is 11.6 Å². The number of hydrogen-bond donors (Lipinski definition) is 1. The second-order valence-corrected chi connectivity index (χ2v) is 7.04. The molecular formula is C24H22F2N2O3. The van der Waals surface area contributed by atoms with Gasteiger partial charge in [0.25, 0.3) is 0 Å². The predicted octanol–water partition coefficient (Wildman–Crippen LogP) is 5.19. The molecule has 0 saturated carbocycles. The molecule has 0 atom stereocenters. The van der Waals surface area contributed by atoms with Gasteiger partial charge in [0.15, 0.2) is 0 Å². The molecule has 0 aliphatic heterocycles. The van der Waals surface area contributed by atoms with Crippen LogP contribution in [0.25, 0.3) is 11.0 Å². The molecular weight excluding hydrogens is 402 g/mol. The lowest BCUT2D eigenvalue weighted by Crippen LogP contribution is -2.01. The zero-order valence-corrected chi connectivity index (χ0v) is 17.0. The fourth-order valence-corrected chi connectivity index (χ4v) is 3.16. The number of ether oxygens (including phenoxy) is 3. The third-order valence-corrected chi connectivity index (χ3v) is 4.84. The lowest BCUT2D eigenvalue weighted by Gasteiger charge is -2.08. The third-order valence-electron chi connectivity index (χ3n) is 4.84. The molecule has 31 heavy (non-hydrogen) atoms. The van der Waals surface area contributed by atoms with Crippen LogP contribution in [0.3, 0.4) is 0 Å². The molecule has 4 aromatic rings. The molecule has 0 aliphatic carbocycles. The number of fused-ring (bicyclic) bond motifs is 1. The number of benzene rings is 3. The second-order valence-electron chi connectivity index (χ2n) is 7.04. The highest BCUT2D eigenvalue weighted by Crippen LogP contribution is 2.19. The summed E-state index contributed by atoms with van der Waals surface area (Å²) in [5, 5.41) is 0. The molecule has 3 aromatic carbocycles. The Morgan fingerprint density at radius 1 is 0.903 bits per heavy atom. The Morgan fingerprint density at radius 3 is 2.52 bits per heavy atom. The number of H-pyrrole nitrogens is 1. The van der Waals surface area contributed by atoms with Crippen LogP contribution in [-0.4, -0.2) is 23.7 Å². The minimum atomic E-state index is -0.488. The number of imidazole rings is 1. The standard InChI is InChI=1S/C24H22F2N2O3/c1-29-20-7-9-22-23(13-20)28-24(27-22)15-30-11-10-16-2-5-19(6-3-16)31-14-17-12-18(25)4-8-21(17)26/h2-9,12-13H,10-11,14-15H2,1H3,(H,27,28). The predicted molar refractivity (Wildman–Crippen MR) is 113 cm³/mol. The first-order valence-corrected chi connectivity index (χ1v) is 9.87.